The van der Waals surface area contributed by atoms with Gasteiger partial charge in [-0.25, -0.2) is 18.7 Å². The SMILES string of the molecule is CCCNC1(C(=O)NCC2CCC(Cn3c(=O)c4cc(F)cnc4n(-c4cccc(-c5ccccc5CN5CCOCC5)c4)c3=O)CC2)CCCC1. The summed E-state index contributed by atoms with van der Waals surface area (Å²) in [5.41, 5.74) is 2.43. The van der Waals surface area contributed by atoms with Crippen molar-refractivity contribution in [2.75, 3.05) is 39.4 Å². The van der Waals surface area contributed by atoms with Crippen molar-refractivity contribution in [1.29, 1.82) is 0 Å². The topological polar surface area (TPSA) is 110 Å². The molecule has 0 unspecified atom stereocenters. The molecule has 0 bridgehead atoms. The van der Waals surface area contributed by atoms with E-state index in [2.05, 4.69) is 39.6 Å². The van der Waals surface area contributed by atoms with Crippen LogP contribution in [-0.4, -0.2) is 69.9 Å². The summed E-state index contributed by atoms with van der Waals surface area (Å²) >= 11 is 0. The number of pyridine rings is 1. The average molecular weight is 711 g/mol. The molecule has 1 aliphatic heterocycles. The number of ether oxygens (including phenoxy) is 1. The summed E-state index contributed by atoms with van der Waals surface area (Å²) in [6, 6.07) is 17.2. The fourth-order valence-corrected chi connectivity index (χ4v) is 8.47. The molecule has 2 saturated carbocycles. The third kappa shape index (κ3) is 7.77. The summed E-state index contributed by atoms with van der Waals surface area (Å²) in [5, 5.41) is 6.86. The van der Waals surface area contributed by atoms with Crippen LogP contribution in [0.25, 0.3) is 27.8 Å². The second-order valence-corrected chi connectivity index (χ2v) is 15.0. The van der Waals surface area contributed by atoms with Crippen LogP contribution < -0.4 is 21.9 Å². The molecule has 3 heterocycles. The van der Waals surface area contributed by atoms with Crippen LogP contribution in [0, 0.1) is 17.7 Å². The van der Waals surface area contributed by atoms with Crippen molar-refractivity contribution in [2.45, 2.75) is 83.3 Å². The summed E-state index contributed by atoms with van der Waals surface area (Å²) in [6.45, 7) is 7.80. The molecule has 1 saturated heterocycles. The first-order valence-corrected chi connectivity index (χ1v) is 19.2. The molecule has 3 aliphatic rings. The van der Waals surface area contributed by atoms with E-state index < -0.39 is 22.6 Å². The van der Waals surface area contributed by atoms with Gasteiger partial charge in [0.25, 0.3) is 5.56 Å². The van der Waals surface area contributed by atoms with E-state index in [1.54, 1.807) is 0 Å². The van der Waals surface area contributed by atoms with E-state index in [9.17, 15) is 18.8 Å². The maximum Gasteiger partial charge on any atom is 0.337 e. The Morgan fingerprint density at radius 3 is 2.50 bits per heavy atom. The predicted octanol–water partition coefficient (Wildman–Crippen LogP) is 5.42. The van der Waals surface area contributed by atoms with E-state index in [0.29, 0.717) is 31.4 Å². The van der Waals surface area contributed by atoms with Gasteiger partial charge in [0, 0.05) is 32.7 Å². The molecular weight excluding hydrogens is 659 g/mol. The molecule has 3 fully saturated rings. The van der Waals surface area contributed by atoms with Gasteiger partial charge in [0.05, 0.1) is 36.0 Å². The number of morpholine rings is 1. The quantitative estimate of drug-likeness (QED) is 0.202. The third-order valence-electron chi connectivity index (χ3n) is 11.4. The number of hydrogen-bond donors (Lipinski definition) is 2. The standard InChI is InChI=1S/C41H51FN6O4/c1-2-18-45-41(16-5-6-17-41)39(50)44-25-29-12-14-30(15-13-29)27-47-38(49)36-24-33(42)26-43-37(36)48(40(47)51)34-10-7-9-31(23-34)35-11-4-3-8-32(35)28-46-19-21-52-22-20-46/h3-4,7-11,23-24,26,29-30,45H,2,5-6,12-22,25,27-28H2,1H3,(H,44,50). The number of rotatable bonds is 12. The lowest BCUT2D eigenvalue weighted by atomic mass is 9.81. The molecule has 52 heavy (non-hydrogen) atoms. The molecule has 10 nitrogen and oxygen atoms in total. The van der Waals surface area contributed by atoms with Crippen LogP contribution in [0.1, 0.15) is 70.3 Å². The molecule has 4 aromatic rings. The largest absolute Gasteiger partial charge is 0.379 e. The van der Waals surface area contributed by atoms with E-state index in [0.717, 1.165) is 101 Å². The molecule has 0 atom stereocenters. The van der Waals surface area contributed by atoms with Gasteiger partial charge in [0.2, 0.25) is 5.91 Å². The Balaban J connectivity index is 1.11. The fraction of sp³-hybridized carbons (Fsp3) is 0.512. The van der Waals surface area contributed by atoms with Gasteiger partial charge in [-0.05, 0) is 98.2 Å². The van der Waals surface area contributed by atoms with Crippen molar-refractivity contribution < 1.29 is 13.9 Å². The number of nitrogens with one attached hydrogen (secondary N) is 2. The van der Waals surface area contributed by atoms with Crippen LogP contribution in [0.5, 0.6) is 0 Å². The van der Waals surface area contributed by atoms with Crippen molar-refractivity contribution in [3.63, 3.8) is 0 Å². The highest BCUT2D eigenvalue weighted by Crippen LogP contribution is 2.32. The molecular formula is C41H51FN6O4. The van der Waals surface area contributed by atoms with Crippen LogP contribution >= 0.6 is 0 Å². The molecule has 2 N–H and O–H groups in total. The van der Waals surface area contributed by atoms with Crippen LogP contribution in [0.2, 0.25) is 0 Å². The van der Waals surface area contributed by atoms with Gasteiger partial charge in [-0.15, -0.1) is 0 Å². The maximum atomic E-state index is 14.6. The second kappa shape index (κ2) is 16.2. The normalized spacial score (nSPS) is 20.7. The Kier molecular flexibility index (Phi) is 11.3. The van der Waals surface area contributed by atoms with E-state index >= 15 is 0 Å². The van der Waals surface area contributed by atoms with Gasteiger partial charge in [0.15, 0.2) is 5.65 Å². The van der Waals surface area contributed by atoms with Gasteiger partial charge < -0.3 is 15.4 Å². The van der Waals surface area contributed by atoms with Gasteiger partial charge in [-0.3, -0.25) is 19.1 Å². The van der Waals surface area contributed by atoms with E-state index in [-0.39, 0.29) is 29.4 Å². The average Bonchev–Trinajstić information content (AvgIpc) is 3.66. The summed E-state index contributed by atoms with van der Waals surface area (Å²) in [5.74, 6) is -0.0501. The number of fused-ring (bicyclic) bond motifs is 1. The van der Waals surface area contributed by atoms with Crippen molar-refractivity contribution in [1.82, 2.24) is 29.7 Å². The number of carbonyl (C=O) groups excluding carboxylic acids is 1. The molecule has 2 aliphatic carbocycles. The third-order valence-corrected chi connectivity index (χ3v) is 11.4. The Morgan fingerprint density at radius 2 is 1.73 bits per heavy atom. The lowest BCUT2D eigenvalue weighted by Gasteiger charge is -2.32. The zero-order chi connectivity index (χ0) is 36.1. The Hall–Kier alpha value is -4.19. The zero-order valence-electron chi connectivity index (χ0n) is 30.2. The number of benzene rings is 2. The van der Waals surface area contributed by atoms with Gasteiger partial charge in [-0.2, -0.15) is 0 Å². The van der Waals surface area contributed by atoms with Gasteiger partial charge in [-0.1, -0.05) is 56.2 Å². The van der Waals surface area contributed by atoms with Crippen molar-refractivity contribution in [3.05, 3.63) is 93.0 Å². The number of aromatic nitrogens is 3. The second-order valence-electron chi connectivity index (χ2n) is 15.0. The number of nitrogens with zero attached hydrogens (tertiary/aromatic N) is 4. The molecule has 2 aromatic heterocycles. The fourth-order valence-electron chi connectivity index (χ4n) is 8.47. The van der Waals surface area contributed by atoms with Gasteiger partial charge >= 0.3 is 5.69 Å². The Morgan fingerprint density at radius 1 is 0.981 bits per heavy atom. The molecule has 1 amide bonds. The summed E-state index contributed by atoms with van der Waals surface area (Å²) in [4.78, 5) is 48.1. The Labute approximate surface area is 304 Å². The van der Waals surface area contributed by atoms with Crippen LogP contribution in [0.4, 0.5) is 4.39 Å². The van der Waals surface area contributed by atoms with Crippen LogP contribution in [0.3, 0.4) is 0 Å². The predicted molar refractivity (Wildman–Crippen MR) is 201 cm³/mol. The molecule has 276 valence electrons. The van der Waals surface area contributed by atoms with Crippen molar-refractivity contribution in [3.8, 4) is 16.8 Å². The highest BCUT2D eigenvalue weighted by Gasteiger charge is 2.40. The molecule has 11 heteroatoms. The number of hydrogen-bond acceptors (Lipinski definition) is 7. The van der Waals surface area contributed by atoms with E-state index in [1.807, 2.05) is 36.4 Å². The minimum atomic E-state index is -0.626. The molecule has 0 spiro atoms. The monoisotopic (exact) mass is 710 g/mol. The number of halogens is 1. The first kappa shape index (κ1) is 36.2. The van der Waals surface area contributed by atoms with Crippen LogP contribution in [-0.2, 0) is 22.6 Å². The van der Waals surface area contributed by atoms with E-state index in [1.165, 1.54) is 20.8 Å². The molecule has 7 rings (SSSR count). The van der Waals surface area contributed by atoms with Gasteiger partial charge in [0.1, 0.15) is 5.82 Å². The number of amides is 1. The Bertz CT molecular complexity index is 1990. The highest BCUT2D eigenvalue weighted by molar-refractivity contribution is 5.86. The molecule has 2 aromatic carbocycles. The van der Waals surface area contributed by atoms with E-state index in [4.69, 9.17) is 4.74 Å². The first-order valence-electron chi connectivity index (χ1n) is 19.2. The van der Waals surface area contributed by atoms with Crippen molar-refractivity contribution >= 4 is 16.9 Å². The first-order chi connectivity index (χ1) is 25.3. The smallest absolute Gasteiger partial charge is 0.337 e. The summed E-state index contributed by atoms with van der Waals surface area (Å²) < 4.78 is 22.9. The minimum Gasteiger partial charge on any atom is -0.379 e. The maximum absolute atomic E-state index is 14.6. The molecule has 0 radical (unpaired) electrons. The zero-order valence-corrected chi connectivity index (χ0v) is 30.2. The van der Waals surface area contributed by atoms with Crippen molar-refractivity contribution in [2.24, 2.45) is 11.8 Å². The lowest BCUT2D eigenvalue weighted by molar-refractivity contribution is -0.127. The summed E-state index contributed by atoms with van der Waals surface area (Å²) in [7, 11) is 0. The van der Waals surface area contributed by atoms with Crippen LogP contribution in [0.15, 0.2) is 70.4 Å². The minimum absolute atomic E-state index is 0.0756. The number of carbonyl (C=O) groups is 1. The summed E-state index contributed by atoms with van der Waals surface area (Å²) in [6.07, 6.45) is 9.43. The highest BCUT2D eigenvalue weighted by atomic mass is 19.1. The lowest BCUT2D eigenvalue weighted by Crippen LogP contribution is -2.56.